The summed E-state index contributed by atoms with van der Waals surface area (Å²) in [5.41, 5.74) is 3.94. The summed E-state index contributed by atoms with van der Waals surface area (Å²) in [6, 6.07) is 18.9. The second-order valence-electron chi connectivity index (χ2n) is 6.55. The summed E-state index contributed by atoms with van der Waals surface area (Å²) >= 11 is 1.59. The van der Waals surface area contributed by atoms with Gasteiger partial charge in [-0.15, -0.1) is 11.3 Å². The standard InChI is InChI=1S/C22H18FN3S/c23-18-8-6-16(7-9-18)13-25-22-20(12-24)19-10-11-26(15-21(19)27-22)14-17-4-2-1-3-5-17/h1-9,13H,10-11,14-15H2. The number of nitriles is 1. The molecular weight excluding hydrogens is 357 g/mol. The van der Waals surface area contributed by atoms with Gasteiger partial charge in [0.2, 0.25) is 0 Å². The second kappa shape index (κ2) is 7.83. The highest BCUT2D eigenvalue weighted by Gasteiger charge is 2.24. The molecule has 134 valence electrons. The molecule has 4 rings (SSSR count). The molecule has 0 N–H and O–H groups in total. The molecule has 0 radical (unpaired) electrons. The Morgan fingerprint density at radius 2 is 1.93 bits per heavy atom. The van der Waals surface area contributed by atoms with E-state index in [0.717, 1.165) is 42.2 Å². The van der Waals surface area contributed by atoms with Crippen molar-refractivity contribution in [1.29, 1.82) is 5.26 Å². The van der Waals surface area contributed by atoms with Gasteiger partial charge in [-0.05, 0) is 35.2 Å². The molecule has 1 aliphatic rings. The third kappa shape index (κ3) is 3.97. The van der Waals surface area contributed by atoms with E-state index in [2.05, 4.69) is 40.2 Å². The first-order valence-electron chi connectivity index (χ1n) is 8.83. The number of aliphatic imine (C=N–C) groups is 1. The first-order chi connectivity index (χ1) is 13.2. The smallest absolute Gasteiger partial charge is 0.134 e. The van der Waals surface area contributed by atoms with Crippen LogP contribution in [-0.2, 0) is 19.5 Å². The number of rotatable bonds is 4. The number of thiophene rings is 1. The van der Waals surface area contributed by atoms with Crippen molar-refractivity contribution in [2.24, 2.45) is 4.99 Å². The van der Waals surface area contributed by atoms with Gasteiger partial charge in [-0.2, -0.15) is 5.26 Å². The number of hydrogen-bond donors (Lipinski definition) is 0. The molecule has 0 spiro atoms. The van der Waals surface area contributed by atoms with Crippen LogP contribution >= 0.6 is 11.3 Å². The van der Waals surface area contributed by atoms with Crippen LogP contribution in [0.2, 0.25) is 0 Å². The molecule has 0 amide bonds. The molecule has 0 atom stereocenters. The van der Waals surface area contributed by atoms with Gasteiger partial charge in [0.1, 0.15) is 16.9 Å². The van der Waals surface area contributed by atoms with Crippen LogP contribution in [0.1, 0.15) is 27.1 Å². The molecule has 0 bridgehead atoms. The average Bonchev–Trinajstić information content (AvgIpc) is 3.05. The van der Waals surface area contributed by atoms with Gasteiger partial charge in [0, 0.05) is 30.7 Å². The largest absolute Gasteiger partial charge is 0.294 e. The van der Waals surface area contributed by atoms with Crippen LogP contribution in [0.5, 0.6) is 0 Å². The van der Waals surface area contributed by atoms with Crippen LogP contribution in [-0.4, -0.2) is 17.7 Å². The molecule has 1 aliphatic heterocycles. The summed E-state index contributed by atoms with van der Waals surface area (Å²) in [5.74, 6) is -0.269. The van der Waals surface area contributed by atoms with Crippen molar-refractivity contribution in [2.45, 2.75) is 19.5 Å². The van der Waals surface area contributed by atoms with Crippen molar-refractivity contribution < 1.29 is 4.39 Å². The molecule has 0 unspecified atom stereocenters. The van der Waals surface area contributed by atoms with E-state index in [1.807, 2.05) is 6.07 Å². The number of benzene rings is 2. The Labute approximate surface area is 162 Å². The minimum Gasteiger partial charge on any atom is -0.294 e. The first-order valence-corrected chi connectivity index (χ1v) is 9.65. The maximum absolute atomic E-state index is 13.0. The summed E-state index contributed by atoms with van der Waals surface area (Å²) in [6.45, 7) is 2.69. The molecule has 3 aromatic rings. The van der Waals surface area contributed by atoms with E-state index in [1.165, 1.54) is 22.6 Å². The molecule has 2 aromatic carbocycles. The Morgan fingerprint density at radius 1 is 1.15 bits per heavy atom. The lowest BCUT2D eigenvalue weighted by Gasteiger charge is -2.26. The van der Waals surface area contributed by atoms with E-state index in [1.54, 1.807) is 29.7 Å². The molecule has 0 saturated heterocycles. The van der Waals surface area contributed by atoms with E-state index in [-0.39, 0.29) is 5.82 Å². The summed E-state index contributed by atoms with van der Waals surface area (Å²) in [4.78, 5) is 8.15. The van der Waals surface area contributed by atoms with Gasteiger partial charge in [0.05, 0.1) is 5.56 Å². The fourth-order valence-electron chi connectivity index (χ4n) is 3.31. The van der Waals surface area contributed by atoms with Crippen LogP contribution < -0.4 is 0 Å². The van der Waals surface area contributed by atoms with Gasteiger partial charge in [-0.3, -0.25) is 4.90 Å². The van der Waals surface area contributed by atoms with Gasteiger partial charge in [-0.25, -0.2) is 9.38 Å². The van der Waals surface area contributed by atoms with Crippen molar-refractivity contribution in [3.8, 4) is 6.07 Å². The van der Waals surface area contributed by atoms with Gasteiger partial charge >= 0.3 is 0 Å². The number of hydrogen-bond acceptors (Lipinski definition) is 4. The molecular formula is C22H18FN3S. The Hall–Kier alpha value is -2.81. The third-order valence-corrected chi connectivity index (χ3v) is 5.80. The quantitative estimate of drug-likeness (QED) is 0.598. The molecule has 2 heterocycles. The monoisotopic (exact) mass is 375 g/mol. The normalized spacial score (nSPS) is 14.2. The zero-order chi connectivity index (χ0) is 18.6. The van der Waals surface area contributed by atoms with Crippen LogP contribution in [0.15, 0.2) is 59.6 Å². The highest BCUT2D eigenvalue weighted by atomic mass is 32.1. The fraction of sp³-hybridized carbons (Fsp3) is 0.182. The van der Waals surface area contributed by atoms with E-state index >= 15 is 0 Å². The van der Waals surface area contributed by atoms with Crippen LogP contribution in [0.3, 0.4) is 0 Å². The van der Waals surface area contributed by atoms with Crippen LogP contribution in [0, 0.1) is 17.1 Å². The lowest BCUT2D eigenvalue weighted by atomic mass is 10.0. The maximum Gasteiger partial charge on any atom is 0.134 e. The Morgan fingerprint density at radius 3 is 2.67 bits per heavy atom. The summed E-state index contributed by atoms with van der Waals surface area (Å²) in [7, 11) is 0. The van der Waals surface area contributed by atoms with E-state index in [4.69, 9.17) is 0 Å². The van der Waals surface area contributed by atoms with Crippen LogP contribution in [0.25, 0.3) is 0 Å². The van der Waals surface area contributed by atoms with Crippen molar-refractivity contribution in [3.63, 3.8) is 0 Å². The lowest BCUT2D eigenvalue weighted by Crippen LogP contribution is -2.29. The molecule has 3 nitrogen and oxygen atoms in total. The average molecular weight is 375 g/mol. The SMILES string of the molecule is N#Cc1c(N=Cc2ccc(F)cc2)sc2c1CCN(Cc1ccccc1)C2. The molecule has 27 heavy (non-hydrogen) atoms. The van der Waals surface area contributed by atoms with Crippen molar-refractivity contribution in [2.75, 3.05) is 6.54 Å². The maximum atomic E-state index is 13.0. The van der Waals surface area contributed by atoms with Gasteiger partial charge in [0.15, 0.2) is 0 Å². The number of fused-ring (bicyclic) bond motifs is 1. The minimum absolute atomic E-state index is 0.269. The number of halogens is 1. The second-order valence-corrected chi connectivity index (χ2v) is 7.64. The van der Waals surface area contributed by atoms with Crippen LogP contribution in [0.4, 0.5) is 9.39 Å². The zero-order valence-corrected chi connectivity index (χ0v) is 15.5. The Kier molecular flexibility index (Phi) is 5.10. The van der Waals surface area contributed by atoms with Gasteiger partial charge in [0.25, 0.3) is 0 Å². The van der Waals surface area contributed by atoms with Gasteiger partial charge in [-0.1, -0.05) is 42.5 Å². The summed E-state index contributed by atoms with van der Waals surface area (Å²) in [6.07, 6.45) is 2.56. The van der Waals surface area contributed by atoms with E-state index < -0.39 is 0 Å². The van der Waals surface area contributed by atoms with E-state index in [0.29, 0.717) is 5.56 Å². The molecule has 0 aliphatic carbocycles. The van der Waals surface area contributed by atoms with Crippen molar-refractivity contribution >= 4 is 22.6 Å². The highest BCUT2D eigenvalue weighted by molar-refractivity contribution is 7.16. The summed E-state index contributed by atoms with van der Waals surface area (Å²) in [5, 5.41) is 10.4. The summed E-state index contributed by atoms with van der Waals surface area (Å²) < 4.78 is 13.0. The number of nitrogens with zero attached hydrogens (tertiary/aromatic N) is 3. The fourth-order valence-corrected chi connectivity index (χ4v) is 4.49. The molecule has 5 heteroatoms. The Bertz CT molecular complexity index is 1000. The zero-order valence-electron chi connectivity index (χ0n) is 14.7. The van der Waals surface area contributed by atoms with E-state index in [9.17, 15) is 9.65 Å². The minimum atomic E-state index is -0.269. The lowest BCUT2D eigenvalue weighted by molar-refractivity contribution is 0.249. The topological polar surface area (TPSA) is 39.4 Å². The predicted octanol–water partition coefficient (Wildman–Crippen LogP) is 5.07. The molecule has 0 saturated carbocycles. The highest BCUT2D eigenvalue weighted by Crippen LogP contribution is 2.38. The van der Waals surface area contributed by atoms with Gasteiger partial charge < -0.3 is 0 Å². The molecule has 1 aromatic heterocycles. The first kappa shape index (κ1) is 17.6. The predicted molar refractivity (Wildman–Crippen MR) is 107 cm³/mol. The van der Waals surface area contributed by atoms with Crippen molar-refractivity contribution in [1.82, 2.24) is 4.90 Å². The third-order valence-electron chi connectivity index (χ3n) is 4.68. The Balaban J connectivity index is 1.54. The van der Waals surface area contributed by atoms with Crippen molar-refractivity contribution in [3.05, 3.63) is 87.5 Å². The molecule has 0 fully saturated rings.